The molecule has 0 amide bonds. The van der Waals surface area contributed by atoms with Gasteiger partial charge in [0.1, 0.15) is 5.54 Å². The topological polar surface area (TPSA) is 56.1 Å². The first-order chi connectivity index (χ1) is 9.88. The number of aryl methyl sites for hydroxylation is 2. The molecule has 1 fully saturated rings. The summed E-state index contributed by atoms with van der Waals surface area (Å²) in [5.74, 6) is -0.151. The minimum atomic E-state index is -0.585. The van der Waals surface area contributed by atoms with Crippen LogP contribution in [0.2, 0.25) is 0 Å². The summed E-state index contributed by atoms with van der Waals surface area (Å²) in [5, 5.41) is 8.06. The van der Waals surface area contributed by atoms with Gasteiger partial charge in [-0.1, -0.05) is 0 Å². The van der Waals surface area contributed by atoms with E-state index in [2.05, 4.69) is 41.9 Å². The van der Waals surface area contributed by atoms with Gasteiger partial charge >= 0.3 is 5.97 Å². The van der Waals surface area contributed by atoms with Crippen molar-refractivity contribution in [1.29, 1.82) is 0 Å². The molecule has 1 aromatic rings. The molecule has 0 aromatic carbocycles. The number of rotatable bonds is 4. The molecule has 0 saturated heterocycles. The van der Waals surface area contributed by atoms with Crippen molar-refractivity contribution in [2.24, 2.45) is 0 Å². The van der Waals surface area contributed by atoms with E-state index in [1.54, 1.807) is 0 Å². The van der Waals surface area contributed by atoms with Crippen LogP contribution in [0.1, 0.15) is 57.0 Å². The number of nitrogens with zero attached hydrogens (tertiary/aromatic N) is 2. The molecule has 5 heteroatoms. The monoisotopic (exact) mass is 293 g/mol. The third-order valence-electron chi connectivity index (χ3n) is 4.26. The summed E-state index contributed by atoms with van der Waals surface area (Å²) in [6.07, 6.45) is 3.62. The Morgan fingerprint density at radius 2 is 2.24 bits per heavy atom. The van der Waals surface area contributed by atoms with Crippen LogP contribution in [0.25, 0.3) is 0 Å². The minimum absolute atomic E-state index is 0.151. The first-order valence-electron chi connectivity index (χ1n) is 7.77. The van der Waals surface area contributed by atoms with Crippen molar-refractivity contribution in [3.63, 3.8) is 0 Å². The second-order valence-electron chi connectivity index (χ2n) is 6.49. The first-order valence-corrected chi connectivity index (χ1v) is 7.77. The van der Waals surface area contributed by atoms with Crippen molar-refractivity contribution in [2.45, 2.75) is 71.0 Å². The van der Waals surface area contributed by atoms with E-state index in [1.165, 1.54) is 7.11 Å². The van der Waals surface area contributed by atoms with Crippen LogP contribution in [0.4, 0.5) is 0 Å². The molecule has 21 heavy (non-hydrogen) atoms. The minimum Gasteiger partial charge on any atom is -0.468 e. The van der Waals surface area contributed by atoms with Crippen LogP contribution in [0.5, 0.6) is 0 Å². The van der Waals surface area contributed by atoms with Gasteiger partial charge in [0.2, 0.25) is 0 Å². The highest BCUT2D eigenvalue weighted by Crippen LogP contribution is 2.37. The Labute approximate surface area is 127 Å². The zero-order chi connectivity index (χ0) is 15.6. The SMILES string of the molecule is COC(=O)C1(NC(C)C)CCCC(n2nc(C)cc2C)C1. The van der Waals surface area contributed by atoms with Crippen LogP contribution in [-0.2, 0) is 9.53 Å². The lowest BCUT2D eigenvalue weighted by molar-refractivity contribution is -0.151. The number of hydrogen-bond acceptors (Lipinski definition) is 4. The average Bonchev–Trinajstić information content (AvgIpc) is 2.76. The highest BCUT2D eigenvalue weighted by molar-refractivity contribution is 5.81. The van der Waals surface area contributed by atoms with E-state index >= 15 is 0 Å². The van der Waals surface area contributed by atoms with E-state index in [1.807, 2.05) is 6.92 Å². The summed E-state index contributed by atoms with van der Waals surface area (Å²) < 4.78 is 7.16. The highest BCUT2D eigenvalue weighted by atomic mass is 16.5. The van der Waals surface area contributed by atoms with Crippen LogP contribution >= 0.6 is 0 Å². The largest absolute Gasteiger partial charge is 0.468 e. The zero-order valence-electron chi connectivity index (χ0n) is 13.8. The number of esters is 1. The smallest absolute Gasteiger partial charge is 0.326 e. The fraction of sp³-hybridized carbons (Fsp3) is 0.750. The third-order valence-corrected chi connectivity index (χ3v) is 4.26. The molecule has 0 aliphatic heterocycles. The van der Waals surface area contributed by atoms with Gasteiger partial charge in [0.05, 0.1) is 18.8 Å². The summed E-state index contributed by atoms with van der Waals surface area (Å²) >= 11 is 0. The molecule has 5 nitrogen and oxygen atoms in total. The van der Waals surface area contributed by atoms with Gasteiger partial charge in [0.15, 0.2) is 0 Å². The number of aromatic nitrogens is 2. The number of methoxy groups -OCH3 is 1. The van der Waals surface area contributed by atoms with Crippen LogP contribution in [-0.4, -0.2) is 34.4 Å². The first kappa shape index (κ1) is 16.0. The molecule has 2 unspecified atom stereocenters. The number of carbonyl (C=O) groups is 1. The molecule has 1 aliphatic rings. The van der Waals surface area contributed by atoms with Gasteiger partial charge in [-0.2, -0.15) is 5.10 Å². The summed E-state index contributed by atoms with van der Waals surface area (Å²) in [4.78, 5) is 12.4. The van der Waals surface area contributed by atoms with Crippen molar-refractivity contribution in [2.75, 3.05) is 7.11 Å². The zero-order valence-corrected chi connectivity index (χ0v) is 13.8. The quantitative estimate of drug-likeness (QED) is 0.867. The molecule has 118 valence electrons. The van der Waals surface area contributed by atoms with Crippen molar-refractivity contribution in [1.82, 2.24) is 15.1 Å². The van der Waals surface area contributed by atoms with Crippen LogP contribution in [0.3, 0.4) is 0 Å². The van der Waals surface area contributed by atoms with E-state index in [0.29, 0.717) is 0 Å². The Morgan fingerprint density at radius 3 is 2.76 bits per heavy atom. The Hall–Kier alpha value is -1.36. The van der Waals surface area contributed by atoms with Crippen molar-refractivity contribution < 1.29 is 9.53 Å². The number of ether oxygens (including phenoxy) is 1. The molecule has 0 bridgehead atoms. The van der Waals surface area contributed by atoms with Gasteiger partial charge in [0, 0.05) is 11.7 Å². The predicted octanol–water partition coefficient (Wildman–Crippen LogP) is 2.52. The average molecular weight is 293 g/mol. The summed E-state index contributed by atoms with van der Waals surface area (Å²) in [7, 11) is 1.47. The Morgan fingerprint density at radius 1 is 1.52 bits per heavy atom. The van der Waals surface area contributed by atoms with Crippen LogP contribution < -0.4 is 5.32 Å². The molecule has 1 aliphatic carbocycles. The maximum Gasteiger partial charge on any atom is 0.326 e. The molecule has 2 atom stereocenters. The molecule has 0 spiro atoms. The molecule has 2 rings (SSSR count). The Bertz CT molecular complexity index is 510. The van der Waals surface area contributed by atoms with Gasteiger partial charge in [-0.05, 0) is 59.4 Å². The Kier molecular flexibility index (Phi) is 4.71. The molecule has 1 heterocycles. The van der Waals surface area contributed by atoms with Gasteiger partial charge in [-0.25, -0.2) is 0 Å². The molecular formula is C16H27N3O2. The standard InChI is InChI=1S/C16H27N3O2/c1-11(2)17-16(15(20)21-5)8-6-7-14(10-16)19-13(4)9-12(3)18-19/h9,11,14,17H,6-8,10H2,1-5H3. The molecule has 1 N–H and O–H groups in total. The van der Waals surface area contributed by atoms with Crippen molar-refractivity contribution in [3.8, 4) is 0 Å². The van der Waals surface area contributed by atoms with Crippen LogP contribution in [0, 0.1) is 13.8 Å². The molecule has 1 aromatic heterocycles. The van der Waals surface area contributed by atoms with E-state index < -0.39 is 5.54 Å². The van der Waals surface area contributed by atoms with E-state index in [9.17, 15) is 4.79 Å². The highest BCUT2D eigenvalue weighted by Gasteiger charge is 2.44. The van der Waals surface area contributed by atoms with Gasteiger partial charge in [-0.3, -0.25) is 14.8 Å². The van der Waals surface area contributed by atoms with Crippen LogP contribution in [0.15, 0.2) is 6.07 Å². The fourth-order valence-electron chi connectivity index (χ4n) is 3.59. The van der Waals surface area contributed by atoms with Gasteiger partial charge in [0.25, 0.3) is 0 Å². The van der Waals surface area contributed by atoms with Crippen molar-refractivity contribution in [3.05, 3.63) is 17.5 Å². The normalized spacial score (nSPS) is 26.1. The van der Waals surface area contributed by atoms with E-state index in [4.69, 9.17) is 4.74 Å². The number of carbonyl (C=O) groups excluding carboxylic acids is 1. The number of nitrogens with one attached hydrogen (secondary N) is 1. The lowest BCUT2D eigenvalue weighted by Gasteiger charge is -2.40. The summed E-state index contributed by atoms with van der Waals surface area (Å²) in [6.45, 7) is 8.21. The maximum atomic E-state index is 12.4. The predicted molar refractivity (Wildman–Crippen MR) is 82.2 cm³/mol. The third kappa shape index (κ3) is 3.28. The molecule has 0 radical (unpaired) electrons. The second-order valence-corrected chi connectivity index (χ2v) is 6.49. The second kappa shape index (κ2) is 6.18. The van der Waals surface area contributed by atoms with Gasteiger partial charge in [-0.15, -0.1) is 0 Å². The lowest BCUT2D eigenvalue weighted by Crippen LogP contribution is -2.57. The van der Waals surface area contributed by atoms with E-state index in [-0.39, 0.29) is 18.1 Å². The van der Waals surface area contributed by atoms with Crippen molar-refractivity contribution >= 4 is 5.97 Å². The summed E-state index contributed by atoms with van der Waals surface area (Å²) in [6, 6.07) is 2.57. The fourth-order valence-corrected chi connectivity index (χ4v) is 3.59. The molecule has 1 saturated carbocycles. The van der Waals surface area contributed by atoms with E-state index in [0.717, 1.165) is 37.1 Å². The Balaban J connectivity index is 2.28. The molecular weight excluding hydrogens is 266 g/mol. The lowest BCUT2D eigenvalue weighted by atomic mass is 9.78. The number of hydrogen-bond donors (Lipinski definition) is 1. The van der Waals surface area contributed by atoms with Gasteiger partial charge < -0.3 is 4.74 Å². The summed E-state index contributed by atoms with van der Waals surface area (Å²) in [5.41, 5.74) is 1.60. The maximum absolute atomic E-state index is 12.4.